The molecule has 2 aromatic rings. The number of nitrogens with zero attached hydrogens (tertiary/aromatic N) is 1. The van der Waals surface area contributed by atoms with Crippen LogP contribution in [0.5, 0.6) is 0 Å². The van der Waals surface area contributed by atoms with Crippen molar-refractivity contribution in [1.82, 2.24) is 4.90 Å². The highest BCUT2D eigenvalue weighted by atomic mass is 32.2. The van der Waals surface area contributed by atoms with Crippen molar-refractivity contribution in [3.8, 4) is 0 Å². The molecular formula is C23H28N2O3S. The molecule has 2 fully saturated rings. The van der Waals surface area contributed by atoms with Gasteiger partial charge in [-0.15, -0.1) is 0 Å². The van der Waals surface area contributed by atoms with E-state index >= 15 is 0 Å². The van der Waals surface area contributed by atoms with Crippen LogP contribution in [0.3, 0.4) is 0 Å². The third kappa shape index (κ3) is 4.04. The van der Waals surface area contributed by atoms with Gasteiger partial charge in [-0.2, -0.15) is 0 Å². The van der Waals surface area contributed by atoms with Crippen LogP contribution >= 0.6 is 0 Å². The van der Waals surface area contributed by atoms with Crippen LogP contribution in [0.25, 0.3) is 0 Å². The maximum absolute atomic E-state index is 13.2. The Morgan fingerprint density at radius 3 is 2.31 bits per heavy atom. The molecule has 4 rings (SSSR count). The third-order valence-electron chi connectivity index (χ3n) is 6.11. The van der Waals surface area contributed by atoms with E-state index in [4.69, 9.17) is 0 Å². The zero-order valence-electron chi connectivity index (χ0n) is 17.2. The number of para-hydroxylation sites is 1. The van der Waals surface area contributed by atoms with Crippen LogP contribution < -0.4 is 4.72 Å². The van der Waals surface area contributed by atoms with Crippen LogP contribution in [0.2, 0.25) is 0 Å². The first-order chi connectivity index (χ1) is 13.6. The van der Waals surface area contributed by atoms with Gasteiger partial charge in [-0.05, 0) is 66.5 Å². The molecule has 0 spiro atoms. The normalized spacial score (nSPS) is 25.6. The molecule has 1 saturated heterocycles. The summed E-state index contributed by atoms with van der Waals surface area (Å²) in [5.74, 6) is -0.00334. The van der Waals surface area contributed by atoms with Gasteiger partial charge in [0.2, 0.25) is 0 Å². The largest absolute Gasteiger partial charge is 0.335 e. The lowest BCUT2D eigenvalue weighted by Gasteiger charge is -2.39. The summed E-state index contributed by atoms with van der Waals surface area (Å²) in [6.45, 7) is 7.62. The summed E-state index contributed by atoms with van der Waals surface area (Å²) in [5, 5.41) is 0. The van der Waals surface area contributed by atoms with E-state index in [1.807, 2.05) is 11.0 Å². The van der Waals surface area contributed by atoms with Gasteiger partial charge in [-0.1, -0.05) is 39.0 Å². The zero-order chi connectivity index (χ0) is 20.9. The lowest BCUT2D eigenvalue weighted by molar-refractivity contribution is 0.0708. The Morgan fingerprint density at radius 2 is 1.66 bits per heavy atom. The molecule has 1 aliphatic carbocycles. The molecule has 1 aliphatic heterocycles. The fraction of sp³-hybridized carbons (Fsp3) is 0.435. The topological polar surface area (TPSA) is 66.5 Å². The molecule has 1 N–H and O–H groups in total. The number of fused-ring (bicyclic) bond motifs is 2. The molecular weight excluding hydrogens is 384 g/mol. The molecule has 2 bridgehead atoms. The number of hydrogen-bond acceptors (Lipinski definition) is 3. The number of sulfonamides is 1. The fourth-order valence-electron chi connectivity index (χ4n) is 5.36. The smallest absolute Gasteiger partial charge is 0.261 e. The average molecular weight is 413 g/mol. The standard InChI is InChI=1S/C23H28N2O3S/c1-22(2)13-19-14-23(3,15-22)16-25(19)21(26)17-9-11-20(12-10-17)29(27,28)24-18-7-5-4-6-8-18/h4-12,19,24H,13-16H2,1-3H3/t19-,23-/m0/s1. The number of nitrogens with one attached hydrogen (secondary N) is 1. The minimum Gasteiger partial charge on any atom is -0.335 e. The van der Waals surface area contributed by atoms with Crippen molar-refractivity contribution in [2.75, 3.05) is 11.3 Å². The van der Waals surface area contributed by atoms with Crippen molar-refractivity contribution in [1.29, 1.82) is 0 Å². The van der Waals surface area contributed by atoms with Crippen LogP contribution in [0.1, 0.15) is 50.4 Å². The minimum absolute atomic E-state index is 0.00334. The first-order valence-electron chi connectivity index (χ1n) is 10.1. The van der Waals surface area contributed by atoms with Gasteiger partial charge >= 0.3 is 0 Å². The van der Waals surface area contributed by atoms with Crippen molar-refractivity contribution in [2.45, 2.75) is 51.0 Å². The van der Waals surface area contributed by atoms with Gasteiger partial charge in [0, 0.05) is 23.8 Å². The fourth-order valence-corrected chi connectivity index (χ4v) is 6.42. The summed E-state index contributed by atoms with van der Waals surface area (Å²) in [6.07, 6.45) is 3.19. The Morgan fingerprint density at radius 1 is 1.00 bits per heavy atom. The molecule has 154 valence electrons. The predicted molar refractivity (Wildman–Crippen MR) is 114 cm³/mol. The number of hydrogen-bond donors (Lipinski definition) is 1. The first-order valence-corrected chi connectivity index (χ1v) is 11.5. The molecule has 5 nitrogen and oxygen atoms in total. The summed E-state index contributed by atoms with van der Waals surface area (Å²) in [5.41, 5.74) is 1.46. The molecule has 1 saturated carbocycles. The summed E-state index contributed by atoms with van der Waals surface area (Å²) in [4.78, 5) is 15.3. The van der Waals surface area contributed by atoms with Gasteiger partial charge in [-0.3, -0.25) is 9.52 Å². The Bertz CT molecular complexity index is 1020. The quantitative estimate of drug-likeness (QED) is 0.802. The monoisotopic (exact) mass is 412 g/mol. The number of carbonyl (C=O) groups is 1. The van der Waals surface area contributed by atoms with Gasteiger partial charge in [0.15, 0.2) is 0 Å². The lowest BCUT2D eigenvalue weighted by atomic mass is 9.65. The maximum Gasteiger partial charge on any atom is 0.261 e. The second kappa shape index (κ2) is 6.87. The predicted octanol–water partition coefficient (Wildman–Crippen LogP) is 4.53. The van der Waals surface area contributed by atoms with E-state index in [2.05, 4.69) is 25.5 Å². The van der Waals surface area contributed by atoms with E-state index in [1.54, 1.807) is 36.4 Å². The summed E-state index contributed by atoms with van der Waals surface area (Å²) < 4.78 is 27.8. The maximum atomic E-state index is 13.2. The van der Waals surface area contributed by atoms with Gasteiger partial charge in [-0.25, -0.2) is 8.42 Å². The van der Waals surface area contributed by atoms with Gasteiger partial charge in [0.1, 0.15) is 0 Å². The van der Waals surface area contributed by atoms with Crippen molar-refractivity contribution < 1.29 is 13.2 Å². The van der Waals surface area contributed by atoms with Crippen molar-refractivity contribution in [3.05, 3.63) is 60.2 Å². The van der Waals surface area contributed by atoms with Crippen LogP contribution in [0.15, 0.2) is 59.5 Å². The number of carbonyl (C=O) groups excluding carboxylic acids is 1. The Kier molecular flexibility index (Phi) is 4.73. The Hall–Kier alpha value is -2.34. The second-order valence-corrected chi connectivity index (χ2v) is 11.3. The van der Waals surface area contributed by atoms with Gasteiger partial charge < -0.3 is 4.90 Å². The van der Waals surface area contributed by atoms with Crippen molar-refractivity contribution in [2.24, 2.45) is 10.8 Å². The molecule has 0 unspecified atom stereocenters. The molecule has 2 aliphatic rings. The van der Waals surface area contributed by atoms with E-state index in [-0.39, 0.29) is 27.7 Å². The number of anilines is 1. The molecule has 2 aromatic carbocycles. The minimum atomic E-state index is -3.69. The highest BCUT2D eigenvalue weighted by Gasteiger charge is 2.51. The van der Waals surface area contributed by atoms with Crippen molar-refractivity contribution >= 4 is 21.6 Å². The van der Waals surface area contributed by atoms with E-state index in [0.717, 1.165) is 25.8 Å². The van der Waals surface area contributed by atoms with Crippen LogP contribution in [0.4, 0.5) is 5.69 Å². The third-order valence-corrected chi connectivity index (χ3v) is 7.51. The summed E-state index contributed by atoms with van der Waals surface area (Å²) in [6, 6.07) is 15.3. The first kappa shape index (κ1) is 20.0. The number of amides is 1. The van der Waals surface area contributed by atoms with E-state index in [1.165, 1.54) is 12.1 Å². The highest BCUT2D eigenvalue weighted by molar-refractivity contribution is 7.92. The van der Waals surface area contributed by atoms with Gasteiger partial charge in [0.25, 0.3) is 15.9 Å². The Balaban J connectivity index is 1.52. The molecule has 0 radical (unpaired) electrons. The molecule has 0 aromatic heterocycles. The number of benzene rings is 2. The summed E-state index contributed by atoms with van der Waals surface area (Å²) in [7, 11) is -3.69. The summed E-state index contributed by atoms with van der Waals surface area (Å²) >= 11 is 0. The number of rotatable bonds is 4. The van der Waals surface area contributed by atoms with Crippen molar-refractivity contribution in [3.63, 3.8) is 0 Å². The van der Waals surface area contributed by atoms with Crippen LogP contribution in [-0.2, 0) is 10.0 Å². The molecule has 1 amide bonds. The van der Waals surface area contributed by atoms with E-state index in [9.17, 15) is 13.2 Å². The van der Waals surface area contributed by atoms with E-state index in [0.29, 0.717) is 11.3 Å². The molecule has 2 atom stereocenters. The highest BCUT2D eigenvalue weighted by Crippen LogP contribution is 2.52. The molecule has 6 heteroatoms. The Labute approximate surface area is 173 Å². The van der Waals surface area contributed by atoms with Crippen LogP contribution in [-0.4, -0.2) is 31.8 Å². The average Bonchev–Trinajstić information content (AvgIpc) is 2.90. The number of likely N-dealkylation sites (tertiary alicyclic amines) is 1. The zero-order valence-corrected chi connectivity index (χ0v) is 18.0. The van der Waals surface area contributed by atoms with Gasteiger partial charge in [0.05, 0.1) is 4.90 Å². The molecule has 29 heavy (non-hydrogen) atoms. The second-order valence-electron chi connectivity index (χ2n) is 9.64. The lowest BCUT2D eigenvalue weighted by Crippen LogP contribution is -2.37. The SMILES string of the molecule is CC1(C)C[C@H]2C[C@](C)(CN2C(=O)c2ccc(S(=O)(=O)Nc3ccccc3)cc2)C1. The molecule has 1 heterocycles. The van der Waals surface area contributed by atoms with Crippen LogP contribution in [0, 0.1) is 10.8 Å². The van der Waals surface area contributed by atoms with E-state index < -0.39 is 10.0 Å².